The number of ether oxygens (including phenoxy) is 1. The number of fused-ring (bicyclic) bond motifs is 1. The maximum atomic E-state index is 12.2. The van der Waals surface area contributed by atoms with Crippen LogP contribution in [0.15, 0.2) is 4.79 Å². The van der Waals surface area contributed by atoms with Gasteiger partial charge in [0.1, 0.15) is 6.61 Å². The fraction of sp³-hybridized carbons (Fsp3) is 0.769. The van der Waals surface area contributed by atoms with Crippen molar-refractivity contribution in [2.24, 2.45) is 5.92 Å². The van der Waals surface area contributed by atoms with Crippen LogP contribution in [-0.4, -0.2) is 44.9 Å². The van der Waals surface area contributed by atoms with Crippen molar-refractivity contribution in [2.75, 3.05) is 19.8 Å². The third-order valence-electron chi connectivity index (χ3n) is 3.84. The third-order valence-corrected chi connectivity index (χ3v) is 3.84. The lowest BCUT2D eigenvalue weighted by Crippen LogP contribution is -2.42. The highest BCUT2D eigenvalue weighted by Crippen LogP contribution is 2.29. The van der Waals surface area contributed by atoms with Crippen LogP contribution in [0.4, 0.5) is 0 Å². The Balaban J connectivity index is 1.70. The molecular formula is C13H20N4O3. The largest absolute Gasteiger partial charge is 0.372 e. The molecule has 0 atom stereocenters. The van der Waals surface area contributed by atoms with E-state index in [1.165, 1.54) is 12.8 Å². The molecule has 2 heterocycles. The van der Waals surface area contributed by atoms with Crippen molar-refractivity contribution in [1.82, 2.24) is 19.2 Å². The number of carbonyl (C=O) groups excluding carboxylic acids is 1. The van der Waals surface area contributed by atoms with Gasteiger partial charge >= 0.3 is 5.69 Å². The van der Waals surface area contributed by atoms with E-state index >= 15 is 0 Å². The van der Waals surface area contributed by atoms with Gasteiger partial charge in [-0.25, -0.2) is 9.48 Å². The Bertz CT molecular complexity index is 558. The Kier molecular flexibility index (Phi) is 3.60. The van der Waals surface area contributed by atoms with Gasteiger partial charge in [0.05, 0.1) is 6.54 Å². The first kappa shape index (κ1) is 13.4. The second-order valence-electron chi connectivity index (χ2n) is 5.43. The van der Waals surface area contributed by atoms with Crippen molar-refractivity contribution in [1.29, 1.82) is 0 Å². The van der Waals surface area contributed by atoms with E-state index in [1.807, 2.05) is 6.92 Å². The molecule has 3 rings (SSSR count). The zero-order valence-corrected chi connectivity index (χ0v) is 11.7. The van der Waals surface area contributed by atoms with E-state index in [9.17, 15) is 9.59 Å². The van der Waals surface area contributed by atoms with Gasteiger partial charge in [-0.3, -0.25) is 9.36 Å². The van der Waals surface area contributed by atoms with Crippen LogP contribution in [0.25, 0.3) is 0 Å². The predicted molar refractivity (Wildman–Crippen MR) is 71.1 cm³/mol. The van der Waals surface area contributed by atoms with Gasteiger partial charge in [-0.2, -0.15) is 5.10 Å². The zero-order chi connectivity index (χ0) is 14.1. The smallest absolute Gasteiger partial charge is 0.346 e. The highest BCUT2D eigenvalue weighted by atomic mass is 16.5. The molecule has 1 aliphatic carbocycles. The SMILES string of the molecule is CCOCC(=O)N1CCn2c(nn(CC3CC3)c2=O)C1. The van der Waals surface area contributed by atoms with Crippen LogP contribution >= 0.6 is 0 Å². The normalized spacial score (nSPS) is 18.1. The minimum Gasteiger partial charge on any atom is -0.372 e. The van der Waals surface area contributed by atoms with Crippen LogP contribution in [-0.2, 0) is 29.2 Å². The van der Waals surface area contributed by atoms with Crippen LogP contribution in [0.3, 0.4) is 0 Å². The molecule has 1 aromatic rings. The summed E-state index contributed by atoms with van der Waals surface area (Å²) in [5.41, 5.74) is -0.0381. The molecule has 20 heavy (non-hydrogen) atoms. The van der Waals surface area contributed by atoms with Gasteiger partial charge in [-0.15, -0.1) is 0 Å². The molecule has 0 aromatic carbocycles. The molecule has 0 bridgehead atoms. The van der Waals surface area contributed by atoms with Crippen molar-refractivity contribution in [3.8, 4) is 0 Å². The minimum absolute atomic E-state index is 0.0381. The summed E-state index contributed by atoms with van der Waals surface area (Å²) in [4.78, 5) is 25.8. The van der Waals surface area contributed by atoms with Gasteiger partial charge in [0.15, 0.2) is 5.82 Å². The molecule has 0 spiro atoms. The lowest BCUT2D eigenvalue weighted by molar-refractivity contribution is -0.137. The molecule has 0 unspecified atom stereocenters. The fourth-order valence-corrected chi connectivity index (χ4v) is 2.46. The maximum Gasteiger partial charge on any atom is 0.346 e. The number of carbonyl (C=O) groups is 1. The van der Waals surface area contributed by atoms with Gasteiger partial charge in [-0.05, 0) is 25.7 Å². The Labute approximate surface area is 117 Å². The van der Waals surface area contributed by atoms with Gasteiger partial charge in [0, 0.05) is 26.2 Å². The molecule has 2 aliphatic rings. The average molecular weight is 280 g/mol. The van der Waals surface area contributed by atoms with Crippen LogP contribution in [0.5, 0.6) is 0 Å². The van der Waals surface area contributed by atoms with E-state index in [0.717, 1.165) is 0 Å². The molecule has 1 saturated carbocycles. The Morgan fingerprint density at radius 2 is 2.20 bits per heavy atom. The first-order valence-corrected chi connectivity index (χ1v) is 7.21. The molecule has 7 nitrogen and oxygen atoms in total. The highest BCUT2D eigenvalue weighted by molar-refractivity contribution is 5.77. The van der Waals surface area contributed by atoms with Crippen molar-refractivity contribution >= 4 is 5.91 Å². The van der Waals surface area contributed by atoms with Gasteiger partial charge < -0.3 is 9.64 Å². The first-order chi connectivity index (χ1) is 9.69. The quantitative estimate of drug-likeness (QED) is 0.751. The zero-order valence-electron chi connectivity index (χ0n) is 11.7. The molecule has 1 aliphatic heterocycles. The summed E-state index contributed by atoms with van der Waals surface area (Å²) < 4.78 is 8.39. The number of aromatic nitrogens is 3. The van der Waals surface area contributed by atoms with Crippen LogP contribution in [0.1, 0.15) is 25.6 Å². The number of hydrogen-bond acceptors (Lipinski definition) is 4. The average Bonchev–Trinajstić information content (AvgIpc) is 3.21. The number of nitrogens with zero attached hydrogens (tertiary/aromatic N) is 4. The van der Waals surface area contributed by atoms with E-state index in [0.29, 0.717) is 44.5 Å². The Hall–Kier alpha value is -1.63. The summed E-state index contributed by atoms with van der Waals surface area (Å²) in [6.07, 6.45) is 2.38. The van der Waals surface area contributed by atoms with Crippen molar-refractivity contribution < 1.29 is 9.53 Å². The summed E-state index contributed by atoms with van der Waals surface area (Å²) in [7, 11) is 0. The fourth-order valence-electron chi connectivity index (χ4n) is 2.46. The second-order valence-corrected chi connectivity index (χ2v) is 5.43. The molecule has 0 N–H and O–H groups in total. The maximum absolute atomic E-state index is 12.2. The third kappa shape index (κ3) is 2.63. The van der Waals surface area contributed by atoms with E-state index in [4.69, 9.17) is 4.74 Å². The number of rotatable bonds is 5. The lowest BCUT2D eigenvalue weighted by atomic mass is 10.3. The molecule has 1 fully saturated rings. The van der Waals surface area contributed by atoms with E-state index < -0.39 is 0 Å². The van der Waals surface area contributed by atoms with E-state index in [1.54, 1.807) is 14.1 Å². The molecule has 0 radical (unpaired) electrons. The molecular weight excluding hydrogens is 260 g/mol. The van der Waals surface area contributed by atoms with Crippen molar-refractivity contribution in [3.05, 3.63) is 16.3 Å². The molecule has 0 saturated heterocycles. The van der Waals surface area contributed by atoms with Crippen molar-refractivity contribution in [3.63, 3.8) is 0 Å². The van der Waals surface area contributed by atoms with Crippen LogP contribution < -0.4 is 5.69 Å². The van der Waals surface area contributed by atoms with E-state index in [2.05, 4.69) is 5.10 Å². The summed E-state index contributed by atoms with van der Waals surface area (Å²) in [6.45, 7) is 4.68. The van der Waals surface area contributed by atoms with Crippen LogP contribution in [0, 0.1) is 5.92 Å². The molecule has 7 heteroatoms. The summed E-state index contributed by atoms with van der Waals surface area (Å²) in [5, 5.41) is 4.38. The topological polar surface area (TPSA) is 69.4 Å². The molecule has 110 valence electrons. The first-order valence-electron chi connectivity index (χ1n) is 7.21. The van der Waals surface area contributed by atoms with Gasteiger partial charge in [0.25, 0.3) is 0 Å². The number of amides is 1. The second kappa shape index (κ2) is 5.40. The monoisotopic (exact) mass is 280 g/mol. The predicted octanol–water partition coefficient (Wildman–Crippen LogP) is -0.166. The standard InChI is InChI=1S/C13H20N4O3/c1-2-20-9-12(18)15-5-6-16-11(8-15)14-17(13(16)19)7-10-3-4-10/h10H,2-9H2,1H3. The molecule has 1 amide bonds. The van der Waals surface area contributed by atoms with Gasteiger partial charge in [-0.1, -0.05) is 0 Å². The lowest BCUT2D eigenvalue weighted by Gasteiger charge is -2.26. The Morgan fingerprint density at radius 1 is 1.40 bits per heavy atom. The summed E-state index contributed by atoms with van der Waals surface area (Å²) in [5.74, 6) is 1.26. The van der Waals surface area contributed by atoms with Crippen molar-refractivity contribution in [2.45, 2.75) is 39.4 Å². The van der Waals surface area contributed by atoms with Gasteiger partial charge in [0.2, 0.25) is 5.91 Å². The molecule has 1 aromatic heterocycles. The number of hydrogen-bond donors (Lipinski definition) is 0. The summed E-state index contributed by atoms with van der Waals surface area (Å²) >= 11 is 0. The Morgan fingerprint density at radius 3 is 2.90 bits per heavy atom. The highest BCUT2D eigenvalue weighted by Gasteiger charge is 2.28. The van der Waals surface area contributed by atoms with Crippen LogP contribution in [0.2, 0.25) is 0 Å². The minimum atomic E-state index is -0.0395. The summed E-state index contributed by atoms with van der Waals surface area (Å²) in [6, 6.07) is 0. The van der Waals surface area contributed by atoms with E-state index in [-0.39, 0.29) is 18.2 Å².